The first kappa shape index (κ1) is 14.9. The normalized spacial score (nSPS) is 19.3. The lowest BCUT2D eigenvalue weighted by atomic mass is 10.2. The zero-order valence-corrected chi connectivity index (χ0v) is 12.8. The fourth-order valence-corrected chi connectivity index (χ4v) is 3.27. The first-order valence-electron chi connectivity index (χ1n) is 8.14. The van der Waals surface area contributed by atoms with Crippen LogP contribution in [0.5, 0.6) is 0 Å². The monoisotopic (exact) mass is 301 g/mol. The molecule has 5 heteroatoms. The van der Waals surface area contributed by atoms with Crippen molar-refractivity contribution >= 4 is 17.5 Å². The lowest BCUT2D eigenvalue weighted by Crippen LogP contribution is -2.53. The molecule has 0 spiro atoms. The van der Waals surface area contributed by atoms with Gasteiger partial charge < -0.3 is 15.1 Å². The van der Waals surface area contributed by atoms with Gasteiger partial charge in [-0.2, -0.15) is 0 Å². The summed E-state index contributed by atoms with van der Waals surface area (Å²) in [5.74, 6) is -0.806. The van der Waals surface area contributed by atoms with Gasteiger partial charge in [-0.3, -0.25) is 9.59 Å². The van der Waals surface area contributed by atoms with E-state index in [1.807, 2.05) is 18.2 Å². The van der Waals surface area contributed by atoms with Crippen molar-refractivity contribution in [1.82, 2.24) is 10.2 Å². The van der Waals surface area contributed by atoms with Gasteiger partial charge in [0.2, 0.25) is 0 Å². The molecule has 0 unspecified atom stereocenters. The average molecular weight is 301 g/mol. The Morgan fingerprint density at radius 1 is 0.955 bits per heavy atom. The van der Waals surface area contributed by atoms with Crippen molar-refractivity contribution in [2.24, 2.45) is 0 Å². The van der Waals surface area contributed by atoms with E-state index < -0.39 is 5.91 Å². The van der Waals surface area contributed by atoms with Crippen LogP contribution in [0.25, 0.3) is 0 Å². The van der Waals surface area contributed by atoms with Gasteiger partial charge in [0.1, 0.15) is 0 Å². The van der Waals surface area contributed by atoms with Gasteiger partial charge >= 0.3 is 11.8 Å². The lowest BCUT2D eigenvalue weighted by molar-refractivity contribution is -0.146. The molecule has 118 valence electrons. The summed E-state index contributed by atoms with van der Waals surface area (Å²) in [5.41, 5.74) is 1.17. The van der Waals surface area contributed by atoms with Crippen molar-refractivity contribution in [2.45, 2.75) is 31.7 Å². The molecule has 2 aliphatic rings. The van der Waals surface area contributed by atoms with Crippen molar-refractivity contribution in [2.75, 3.05) is 31.1 Å². The van der Waals surface area contributed by atoms with E-state index in [4.69, 9.17) is 0 Å². The van der Waals surface area contributed by atoms with E-state index in [1.165, 1.54) is 5.69 Å². The number of nitrogens with zero attached hydrogens (tertiary/aromatic N) is 2. The van der Waals surface area contributed by atoms with E-state index in [-0.39, 0.29) is 11.9 Å². The number of hydrogen-bond acceptors (Lipinski definition) is 3. The van der Waals surface area contributed by atoms with Crippen LogP contribution >= 0.6 is 0 Å². The Morgan fingerprint density at radius 2 is 1.59 bits per heavy atom. The molecule has 2 amide bonds. The Balaban J connectivity index is 1.50. The van der Waals surface area contributed by atoms with Crippen LogP contribution < -0.4 is 10.2 Å². The van der Waals surface area contributed by atoms with Gasteiger partial charge in [-0.1, -0.05) is 31.0 Å². The summed E-state index contributed by atoms with van der Waals surface area (Å²) in [4.78, 5) is 28.2. The molecule has 2 fully saturated rings. The molecule has 5 nitrogen and oxygen atoms in total. The summed E-state index contributed by atoms with van der Waals surface area (Å²) >= 11 is 0. The molecule has 1 aliphatic heterocycles. The minimum absolute atomic E-state index is 0.196. The molecule has 1 saturated heterocycles. The first-order valence-corrected chi connectivity index (χ1v) is 8.14. The van der Waals surface area contributed by atoms with Gasteiger partial charge in [-0.05, 0) is 25.0 Å². The van der Waals surface area contributed by atoms with Gasteiger partial charge in [0.15, 0.2) is 0 Å². The lowest BCUT2D eigenvalue weighted by Gasteiger charge is -2.35. The van der Waals surface area contributed by atoms with E-state index in [0.29, 0.717) is 13.1 Å². The number of nitrogens with one attached hydrogen (secondary N) is 1. The highest BCUT2D eigenvalue weighted by Gasteiger charge is 2.28. The number of carbonyl (C=O) groups excluding carboxylic acids is 2. The van der Waals surface area contributed by atoms with E-state index in [0.717, 1.165) is 38.8 Å². The van der Waals surface area contributed by atoms with Gasteiger partial charge in [0, 0.05) is 37.9 Å². The van der Waals surface area contributed by atoms with Crippen LogP contribution in [0.1, 0.15) is 25.7 Å². The van der Waals surface area contributed by atoms with Gasteiger partial charge in [-0.15, -0.1) is 0 Å². The summed E-state index contributed by atoms with van der Waals surface area (Å²) in [6, 6.07) is 10.4. The largest absolute Gasteiger partial charge is 0.368 e. The second kappa shape index (κ2) is 6.81. The Bertz CT molecular complexity index is 518. The third-order valence-corrected chi connectivity index (χ3v) is 4.57. The fourth-order valence-electron chi connectivity index (χ4n) is 3.27. The number of anilines is 1. The van der Waals surface area contributed by atoms with E-state index in [9.17, 15) is 9.59 Å². The maximum absolute atomic E-state index is 12.2. The van der Waals surface area contributed by atoms with Crippen LogP contribution in [-0.2, 0) is 9.59 Å². The maximum Gasteiger partial charge on any atom is 0.312 e. The van der Waals surface area contributed by atoms with E-state index in [2.05, 4.69) is 22.3 Å². The molecule has 22 heavy (non-hydrogen) atoms. The summed E-state index contributed by atoms with van der Waals surface area (Å²) in [6.07, 6.45) is 4.30. The topological polar surface area (TPSA) is 52.7 Å². The number of hydrogen-bond donors (Lipinski definition) is 1. The fraction of sp³-hybridized carbons (Fsp3) is 0.529. The van der Waals surface area contributed by atoms with Crippen LogP contribution in [0.4, 0.5) is 5.69 Å². The molecule has 1 N–H and O–H groups in total. The Morgan fingerprint density at radius 3 is 2.23 bits per heavy atom. The summed E-state index contributed by atoms with van der Waals surface area (Å²) in [5, 5.41) is 2.88. The molecule has 0 radical (unpaired) electrons. The molecule has 1 aliphatic carbocycles. The molecule has 0 atom stereocenters. The molecule has 1 aromatic carbocycles. The quantitative estimate of drug-likeness (QED) is 0.840. The Hall–Kier alpha value is -2.04. The standard InChI is InChI=1S/C17H23N3O2/c21-16(18-14-6-4-5-7-14)17(22)20-12-10-19(11-13-20)15-8-2-1-3-9-15/h1-3,8-9,14H,4-7,10-13H2,(H,18,21). The van der Waals surface area contributed by atoms with Crippen molar-refractivity contribution in [3.63, 3.8) is 0 Å². The van der Waals surface area contributed by atoms with Gasteiger partial charge in [0.25, 0.3) is 0 Å². The highest BCUT2D eigenvalue weighted by atomic mass is 16.2. The van der Waals surface area contributed by atoms with E-state index in [1.54, 1.807) is 4.90 Å². The van der Waals surface area contributed by atoms with Crippen molar-refractivity contribution in [3.05, 3.63) is 30.3 Å². The number of carbonyl (C=O) groups is 2. The van der Waals surface area contributed by atoms with Crippen LogP contribution in [0.15, 0.2) is 30.3 Å². The summed E-state index contributed by atoms with van der Waals surface area (Å²) in [7, 11) is 0. The van der Waals surface area contributed by atoms with Crippen molar-refractivity contribution < 1.29 is 9.59 Å². The van der Waals surface area contributed by atoms with E-state index >= 15 is 0 Å². The highest BCUT2D eigenvalue weighted by molar-refractivity contribution is 6.35. The van der Waals surface area contributed by atoms with Crippen LogP contribution in [0.3, 0.4) is 0 Å². The predicted octanol–water partition coefficient (Wildman–Crippen LogP) is 1.39. The van der Waals surface area contributed by atoms with Crippen LogP contribution in [-0.4, -0.2) is 48.9 Å². The zero-order valence-electron chi connectivity index (χ0n) is 12.8. The third-order valence-electron chi connectivity index (χ3n) is 4.57. The van der Waals surface area contributed by atoms with Crippen LogP contribution in [0.2, 0.25) is 0 Å². The van der Waals surface area contributed by atoms with Gasteiger partial charge in [-0.25, -0.2) is 0 Å². The number of amides is 2. The maximum atomic E-state index is 12.2. The molecule has 1 heterocycles. The predicted molar refractivity (Wildman–Crippen MR) is 85.6 cm³/mol. The zero-order chi connectivity index (χ0) is 15.4. The molecule has 1 saturated carbocycles. The second-order valence-corrected chi connectivity index (χ2v) is 6.07. The van der Waals surface area contributed by atoms with Gasteiger partial charge in [0.05, 0.1) is 0 Å². The summed E-state index contributed by atoms with van der Waals surface area (Å²) in [6.45, 7) is 2.75. The Labute approximate surface area is 131 Å². The summed E-state index contributed by atoms with van der Waals surface area (Å²) < 4.78 is 0. The Kier molecular flexibility index (Phi) is 4.61. The average Bonchev–Trinajstić information content (AvgIpc) is 3.08. The number of para-hydroxylation sites is 1. The molecule has 0 bridgehead atoms. The molecular weight excluding hydrogens is 278 g/mol. The third kappa shape index (κ3) is 3.40. The SMILES string of the molecule is O=C(NC1CCCC1)C(=O)N1CCN(c2ccccc2)CC1. The minimum Gasteiger partial charge on any atom is -0.368 e. The van der Waals surface area contributed by atoms with Crippen molar-refractivity contribution in [3.8, 4) is 0 Å². The highest BCUT2D eigenvalue weighted by Crippen LogP contribution is 2.18. The smallest absolute Gasteiger partial charge is 0.312 e. The van der Waals surface area contributed by atoms with Crippen LogP contribution in [0, 0.1) is 0 Å². The molecular formula is C17H23N3O2. The molecule has 1 aromatic rings. The molecule has 0 aromatic heterocycles. The number of piperazine rings is 1. The molecule has 3 rings (SSSR count). The minimum atomic E-state index is -0.430. The number of rotatable bonds is 2. The number of benzene rings is 1. The van der Waals surface area contributed by atoms with Crippen molar-refractivity contribution in [1.29, 1.82) is 0 Å². The second-order valence-electron chi connectivity index (χ2n) is 6.07. The first-order chi connectivity index (χ1) is 10.7.